The van der Waals surface area contributed by atoms with E-state index in [0.717, 1.165) is 88.2 Å². The van der Waals surface area contributed by atoms with Crippen molar-refractivity contribution in [3.8, 4) is 44.6 Å². The molecule has 1 aliphatic carbocycles. The Morgan fingerprint density at radius 2 is 0.962 bits per heavy atom. The molecule has 0 N–H and O–H groups in total. The van der Waals surface area contributed by atoms with Gasteiger partial charge >= 0.3 is 0 Å². The maximum Gasteiger partial charge on any atom is 0.126 e. The third-order valence-electron chi connectivity index (χ3n) is 11.0. The minimum atomic E-state index is -0.647. The molecule has 9 aromatic rings. The van der Waals surface area contributed by atoms with Crippen LogP contribution < -0.4 is 0 Å². The molecule has 8 aromatic carbocycles. The van der Waals surface area contributed by atoms with Crippen molar-refractivity contribution >= 4 is 43.2 Å². The normalized spacial score (nSPS) is 13.2. The Morgan fingerprint density at radius 3 is 1.65 bits per heavy atom. The molecule has 0 spiro atoms. The minimum Gasteiger partial charge on any atom is -0.247 e. The number of aromatic nitrogens is 1. The lowest BCUT2D eigenvalue weighted by Crippen LogP contribution is -2.15. The Morgan fingerprint density at radius 1 is 0.404 bits per heavy atom. The quantitative estimate of drug-likeness (QED) is 0.170. The SMILES string of the molecule is CC1(C)c2cc(F)ccc2-c2ccc(-c3cccc(-c4ccc5c(c4)nc(-c4cc(F)cc(F)c4)c4c6ccccc6c6ccccc6c54)c3)cc21. The van der Waals surface area contributed by atoms with Crippen LogP contribution in [0.4, 0.5) is 13.2 Å². The summed E-state index contributed by atoms with van der Waals surface area (Å²) in [6.45, 7) is 4.31. The maximum absolute atomic E-state index is 14.8. The van der Waals surface area contributed by atoms with Crippen molar-refractivity contribution in [1.82, 2.24) is 4.98 Å². The maximum atomic E-state index is 14.8. The van der Waals surface area contributed by atoms with Gasteiger partial charge in [0.1, 0.15) is 17.5 Å². The molecule has 0 aliphatic heterocycles. The lowest BCUT2D eigenvalue weighted by molar-refractivity contribution is 0.584. The van der Waals surface area contributed by atoms with Gasteiger partial charge in [0.25, 0.3) is 0 Å². The van der Waals surface area contributed by atoms with Gasteiger partial charge in [0.15, 0.2) is 0 Å². The lowest BCUT2D eigenvalue weighted by Gasteiger charge is -2.22. The summed E-state index contributed by atoms with van der Waals surface area (Å²) in [5, 5.41) is 7.04. The monoisotopic (exact) mass is 677 g/mol. The van der Waals surface area contributed by atoms with E-state index in [1.807, 2.05) is 30.3 Å². The molecule has 1 nitrogen and oxygen atoms in total. The van der Waals surface area contributed by atoms with Crippen LogP contribution in [0.3, 0.4) is 0 Å². The van der Waals surface area contributed by atoms with E-state index in [-0.39, 0.29) is 11.2 Å². The Balaban J connectivity index is 1.17. The summed E-state index contributed by atoms with van der Waals surface area (Å²) in [5.41, 5.74) is 9.90. The zero-order chi connectivity index (χ0) is 35.3. The van der Waals surface area contributed by atoms with Gasteiger partial charge in [0.05, 0.1) is 11.2 Å². The van der Waals surface area contributed by atoms with Gasteiger partial charge in [-0.3, -0.25) is 0 Å². The average molecular weight is 678 g/mol. The Bertz CT molecular complexity index is 2960. The van der Waals surface area contributed by atoms with Crippen molar-refractivity contribution in [3.63, 3.8) is 0 Å². The van der Waals surface area contributed by atoms with E-state index >= 15 is 0 Å². The summed E-state index contributed by atoms with van der Waals surface area (Å²) in [7, 11) is 0. The van der Waals surface area contributed by atoms with Crippen LogP contribution >= 0.6 is 0 Å². The first-order chi connectivity index (χ1) is 25.2. The zero-order valence-corrected chi connectivity index (χ0v) is 28.4. The fourth-order valence-electron chi connectivity index (χ4n) is 8.53. The molecule has 0 amide bonds. The molecule has 0 radical (unpaired) electrons. The molecule has 0 saturated heterocycles. The Kier molecular flexibility index (Phi) is 6.53. The third-order valence-corrected chi connectivity index (χ3v) is 11.0. The van der Waals surface area contributed by atoms with E-state index in [0.29, 0.717) is 11.3 Å². The van der Waals surface area contributed by atoms with Gasteiger partial charge in [0, 0.05) is 33.2 Å². The number of nitrogens with zero attached hydrogens (tertiary/aromatic N) is 1. The Hall–Kier alpha value is -6.26. The van der Waals surface area contributed by atoms with E-state index < -0.39 is 11.6 Å². The topological polar surface area (TPSA) is 12.9 Å². The first-order valence-corrected chi connectivity index (χ1v) is 17.4. The number of fused-ring (bicyclic) bond motifs is 11. The number of halogens is 3. The predicted octanol–water partition coefficient (Wildman–Crippen LogP) is 13.4. The summed E-state index contributed by atoms with van der Waals surface area (Å²) in [6, 6.07) is 46.5. The molecule has 248 valence electrons. The highest BCUT2D eigenvalue weighted by Gasteiger charge is 2.36. The molecule has 0 unspecified atom stereocenters. The molecule has 1 aromatic heterocycles. The molecular formula is C48H30F3N. The smallest absolute Gasteiger partial charge is 0.126 e. The van der Waals surface area contributed by atoms with Crippen molar-refractivity contribution < 1.29 is 13.2 Å². The van der Waals surface area contributed by atoms with E-state index in [4.69, 9.17) is 4.98 Å². The van der Waals surface area contributed by atoms with Crippen LogP contribution in [0.2, 0.25) is 0 Å². The van der Waals surface area contributed by atoms with Crippen LogP contribution in [0.5, 0.6) is 0 Å². The number of pyridine rings is 1. The second-order valence-electron chi connectivity index (χ2n) is 14.3. The van der Waals surface area contributed by atoms with Gasteiger partial charge < -0.3 is 0 Å². The predicted molar refractivity (Wildman–Crippen MR) is 208 cm³/mol. The largest absolute Gasteiger partial charge is 0.247 e. The van der Waals surface area contributed by atoms with Crippen LogP contribution in [0.15, 0.2) is 146 Å². The highest BCUT2D eigenvalue weighted by atomic mass is 19.1. The molecule has 1 heterocycles. The van der Waals surface area contributed by atoms with E-state index in [1.54, 1.807) is 6.07 Å². The summed E-state index contributed by atoms with van der Waals surface area (Å²) in [4.78, 5) is 5.20. The highest BCUT2D eigenvalue weighted by molar-refractivity contribution is 6.33. The van der Waals surface area contributed by atoms with Gasteiger partial charge in [-0.25, -0.2) is 18.2 Å². The van der Waals surface area contributed by atoms with Gasteiger partial charge in [-0.1, -0.05) is 111 Å². The highest BCUT2D eigenvalue weighted by Crippen LogP contribution is 2.50. The summed E-state index contributed by atoms with van der Waals surface area (Å²) >= 11 is 0. The third kappa shape index (κ3) is 4.53. The minimum absolute atomic E-state index is 0.220. The molecule has 10 rings (SSSR count). The van der Waals surface area contributed by atoms with E-state index in [9.17, 15) is 13.2 Å². The molecule has 1 aliphatic rings. The number of hydrogen-bond donors (Lipinski definition) is 0. The number of benzene rings is 8. The van der Waals surface area contributed by atoms with Crippen molar-refractivity contribution in [2.45, 2.75) is 19.3 Å². The van der Waals surface area contributed by atoms with Crippen molar-refractivity contribution in [1.29, 1.82) is 0 Å². The average Bonchev–Trinajstić information content (AvgIpc) is 3.38. The second-order valence-corrected chi connectivity index (χ2v) is 14.3. The molecule has 0 fully saturated rings. The molecule has 0 saturated carbocycles. The standard InChI is InChI=1S/C48H30F3N/c1-48(2)42-23-29(14-17-37(42)38-19-16-32(49)26-43(38)48)27-8-7-9-28(20-27)30-15-18-41-44(24-30)52-47(31-21-33(50)25-34(51)22-31)46-40-13-6-4-11-36(40)35-10-3-5-12-39(35)45(41)46/h3-26H,1-2H3. The fraction of sp³-hybridized carbons (Fsp3) is 0.0625. The van der Waals surface area contributed by atoms with Crippen molar-refractivity contribution in [2.24, 2.45) is 0 Å². The molecular weight excluding hydrogens is 648 g/mol. The lowest BCUT2D eigenvalue weighted by atomic mass is 9.81. The summed E-state index contributed by atoms with van der Waals surface area (Å²) in [5.74, 6) is -1.51. The van der Waals surface area contributed by atoms with Crippen LogP contribution in [0.1, 0.15) is 25.0 Å². The van der Waals surface area contributed by atoms with Gasteiger partial charge in [-0.05, 0) is 109 Å². The zero-order valence-electron chi connectivity index (χ0n) is 28.4. The van der Waals surface area contributed by atoms with Gasteiger partial charge in [-0.15, -0.1) is 0 Å². The Labute approximate surface area is 298 Å². The first-order valence-electron chi connectivity index (χ1n) is 17.4. The number of hydrogen-bond acceptors (Lipinski definition) is 1. The molecule has 0 atom stereocenters. The molecule has 52 heavy (non-hydrogen) atoms. The van der Waals surface area contributed by atoms with Crippen LogP contribution in [-0.2, 0) is 5.41 Å². The van der Waals surface area contributed by atoms with E-state index in [2.05, 4.69) is 98.8 Å². The van der Waals surface area contributed by atoms with Crippen LogP contribution in [0, 0.1) is 17.5 Å². The summed E-state index contributed by atoms with van der Waals surface area (Å²) < 4.78 is 43.8. The first kappa shape index (κ1) is 30.6. The van der Waals surface area contributed by atoms with E-state index in [1.165, 1.54) is 23.8 Å². The van der Waals surface area contributed by atoms with Crippen LogP contribution in [0.25, 0.3) is 87.9 Å². The van der Waals surface area contributed by atoms with Crippen LogP contribution in [-0.4, -0.2) is 4.98 Å². The van der Waals surface area contributed by atoms with Gasteiger partial charge in [-0.2, -0.15) is 0 Å². The van der Waals surface area contributed by atoms with Gasteiger partial charge in [0.2, 0.25) is 0 Å². The number of rotatable bonds is 3. The van der Waals surface area contributed by atoms with Crippen molar-refractivity contribution in [2.75, 3.05) is 0 Å². The van der Waals surface area contributed by atoms with Crippen molar-refractivity contribution in [3.05, 3.63) is 174 Å². The second kappa shape index (κ2) is 11.1. The summed E-state index contributed by atoms with van der Waals surface area (Å²) in [6.07, 6.45) is 0. The fourth-order valence-corrected chi connectivity index (χ4v) is 8.53. The molecule has 0 bridgehead atoms. The molecule has 4 heteroatoms.